The Hall–Kier alpha value is -1.14. The molecule has 1 aromatic rings. The van der Waals surface area contributed by atoms with E-state index in [1.54, 1.807) is 18.6 Å². The number of hydrogen-bond acceptors (Lipinski definition) is 5. The van der Waals surface area contributed by atoms with Crippen molar-refractivity contribution >= 4 is 23.5 Å². The molecule has 1 fully saturated rings. The zero-order chi connectivity index (χ0) is 11.2. The van der Waals surface area contributed by atoms with Crippen molar-refractivity contribution < 1.29 is 4.79 Å². The zero-order valence-corrected chi connectivity index (χ0v) is 9.67. The van der Waals surface area contributed by atoms with Crippen molar-refractivity contribution in [1.29, 1.82) is 0 Å². The lowest BCUT2D eigenvalue weighted by Gasteiger charge is -2.22. The minimum Gasteiger partial charge on any atom is -0.312 e. The summed E-state index contributed by atoms with van der Waals surface area (Å²) >= 11 is 1.88. The van der Waals surface area contributed by atoms with Crippen LogP contribution in [0.1, 0.15) is 6.42 Å². The number of carbonyl (C=O) groups excluding carboxylic acids is 1. The first-order valence-electron chi connectivity index (χ1n) is 5.21. The van der Waals surface area contributed by atoms with Crippen LogP contribution >= 0.6 is 11.8 Å². The number of carbonyl (C=O) groups is 1. The molecule has 0 radical (unpaired) electrons. The summed E-state index contributed by atoms with van der Waals surface area (Å²) in [5.41, 5.74) is 0. The Bertz CT molecular complexity index is 340. The minimum absolute atomic E-state index is 0.0134. The van der Waals surface area contributed by atoms with Gasteiger partial charge in [-0.05, 0) is 0 Å². The molecule has 1 unspecified atom stereocenters. The first-order valence-corrected chi connectivity index (χ1v) is 6.37. The highest BCUT2D eigenvalue weighted by molar-refractivity contribution is 7.99. The van der Waals surface area contributed by atoms with E-state index < -0.39 is 0 Å². The van der Waals surface area contributed by atoms with E-state index in [2.05, 4.69) is 20.6 Å². The van der Waals surface area contributed by atoms with Gasteiger partial charge in [0.05, 0.1) is 6.20 Å². The van der Waals surface area contributed by atoms with Crippen LogP contribution in [0, 0.1) is 0 Å². The van der Waals surface area contributed by atoms with Crippen molar-refractivity contribution in [1.82, 2.24) is 15.3 Å². The van der Waals surface area contributed by atoms with Crippen LogP contribution in [0.5, 0.6) is 0 Å². The van der Waals surface area contributed by atoms with Gasteiger partial charge in [-0.3, -0.25) is 9.78 Å². The molecule has 1 aromatic heterocycles. The number of rotatable bonds is 3. The van der Waals surface area contributed by atoms with Gasteiger partial charge in [0, 0.05) is 42.9 Å². The van der Waals surface area contributed by atoms with E-state index in [1.165, 1.54) is 0 Å². The highest BCUT2D eigenvalue weighted by atomic mass is 32.2. The summed E-state index contributed by atoms with van der Waals surface area (Å²) < 4.78 is 0. The minimum atomic E-state index is -0.0134. The van der Waals surface area contributed by atoms with Crippen molar-refractivity contribution in [3.05, 3.63) is 18.6 Å². The zero-order valence-electron chi connectivity index (χ0n) is 8.85. The second-order valence-electron chi connectivity index (χ2n) is 3.57. The lowest BCUT2D eigenvalue weighted by Crippen LogP contribution is -2.39. The summed E-state index contributed by atoms with van der Waals surface area (Å²) in [6.45, 7) is 0.980. The molecular formula is C10H14N4OS. The SMILES string of the molecule is O=C(CC1CSCCN1)Nc1cnccn1. The first-order chi connectivity index (χ1) is 7.84. The van der Waals surface area contributed by atoms with Crippen LogP contribution in [-0.4, -0.2) is 40.0 Å². The average Bonchev–Trinajstić information content (AvgIpc) is 2.31. The Kier molecular flexibility index (Phi) is 4.12. The summed E-state index contributed by atoms with van der Waals surface area (Å²) in [6.07, 6.45) is 5.17. The van der Waals surface area contributed by atoms with Gasteiger partial charge in [0.2, 0.25) is 5.91 Å². The van der Waals surface area contributed by atoms with Crippen LogP contribution < -0.4 is 10.6 Å². The molecule has 5 nitrogen and oxygen atoms in total. The predicted molar refractivity (Wildman–Crippen MR) is 64.4 cm³/mol. The van der Waals surface area contributed by atoms with Crippen LogP contribution in [0.2, 0.25) is 0 Å². The third-order valence-corrected chi connectivity index (χ3v) is 3.39. The Morgan fingerprint density at radius 1 is 1.62 bits per heavy atom. The lowest BCUT2D eigenvalue weighted by atomic mass is 10.2. The molecule has 1 amide bonds. The molecule has 0 aliphatic carbocycles. The first kappa shape index (κ1) is 11.3. The smallest absolute Gasteiger partial charge is 0.227 e. The van der Waals surface area contributed by atoms with Crippen LogP contribution in [0.3, 0.4) is 0 Å². The molecule has 0 aromatic carbocycles. The second-order valence-corrected chi connectivity index (χ2v) is 4.72. The van der Waals surface area contributed by atoms with Gasteiger partial charge in [-0.2, -0.15) is 11.8 Å². The number of hydrogen-bond donors (Lipinski definition) is 2. The number of amides is 1. The number of nitrogens with zero attached hydrogens (tertiary/aromatic N) is 2. The van der Waals surface area contributed by atoms with Gasteiger partial charge in [0.15, 0.2) is 5.82 Å². The van der Waals surface area contributed by atoms with Crippen molar-refractivity contribution in [2.75, 3.05) is 23.4 Å². The maximum absolute atomic E-state index is 11.7. The topological polar surface area (TPSA) is 66.9 Å². The fourth-order valence-corrected chi connectivity index (χ4v) is 2.48. The monoisotopic (exact) mass is 238 g/mol. The lowest BCUT2D eigenvalue weighted by molar-refractivity contribution is -0.116. The standard InChI is InChI=1S/C10H14N4OS/c15-10(5-8-7-16-4-3-12-8)14-9-6-11-1-2-13-9/h1-2,6,8,12H,3-5,7H2,(H,13,14,15). The van der Waals surface area contributed by atoms with Gasteiger partial charge in [-0.1, -0.05) is 0 Å². The molecule has 0 saturated carbocycles. The summed E-state index contributed by atoms with van der Waals surface area (Å²) in [6, 6.07) is 0.274. The van der Waals surface area contributed by atoms with Gasteiger partial charge in [-0.25, -0.2) is 4.98 Å². The van der Waals surface area contributed by atoms with Crippen LogP contribution in [0.25, 0.3) is 0 Å². The fourth-order valence-electron chi connectivity index (χ4n) is 1.53. The number of aromatic nitrogens is 2. The molecule has 0 spiro atoms. The second kappa shape index (κ2) is 5.81. The number of nitrogens with one attached hydrogen (secondary N) is 2. The van der Waals surface area contributed by atoms with Crippen molar-refractivity contribution in [3.63, 3.8) is 0 Å². The van der Waals surface area contributed by atoms with Gasteiger partial charge >= 0.3 is 0 Å². The molecule has 16 heavy (non-hydrogen) atoms. The normalized spacial score (nSPS) is 20.4. The van der Waals surface area contributed by atoms with Crippen LogP contribution in [-0.2, 0) is 4.79 Å². The Morgan fingerprint density at radius 3 is 3.25 bits per heavy atom. The summed E-state index contributed by atoms with van der Waals surface area (Å²) in [5.74, 6) is 2.62. The number of anilines is 1. The predicted octanol–water partition coefficient (Wildman–Crippen LogP) is 0.510. The van der Waals surface area contributed by atoms with Gasteiger partial charge in [0.25, 0.3) is 0 Å². The summed E-state index contributed by atoms with van der Waals surface area (Å²) in [4.78, 5) is 19.5. The Balaban J connectivity index is 1.80. The molecule has 2 rings (SSSR count). The third kappa shape index (κ3) is 3.46. The molecule has 1 aliphatic rings. The molecule has 6 heteroatoms. The third-order valence-electron chi connectivity index (χ3n) is 2.26. The Morgan fingerprint density at radius 2 is 2.56 bits per heavy atom. The van der Waals surface area contributed by atoms with Crippen molar-refractivity contribution in [2.45, 2.75) is 12.5 Å². The summed E-state index contributed by atoms with van der Waals surface area (Å²) in [5, 5.41) is 6.05. The molecule has 1 atom stereocenters. The van der Waals surface area contributed by atoms with Crippen LogP contribution in [0.15, 0.2) is 18.6 Å². The highest BCUT2D eigenvalue weighted by Crippen LogP contribution is 2.10. The van der Waals surface area contributed by atoms with E-state index in [4.69, 9.17) is 0 Å². The van der Waals surface area contributed by atoms with Crippen molar-refractivity contribution in [2.24, 2.45) is 0 Å². The molecule has 1 saturated heterocycles. The maximum atomic E-state index is 11.7. The summed E-state index contributed by atoms with van der Waals surface area (Å²) in [7, 11) is 0. The quantitative estimate of drug-likeness (QED) is 0.803. The molecule has 2 heterocycles. The van der Waals surface area contributed by atoms with E-state index in [0.717, 1.165) is 18.1 Å². The average molecular weight is 238 g/mol. The largest absolute Gasteiger partial charge is 0.312 e. The molecule has 0 bridgehead atoms. The molecule has 1 aliphatic heterocycles. The Labute approximate surface area is 98.4 Å². The maximum Gasteiger partial charge on any atom is 0.227 e. The molecular weight excluding hydrogens is 224 g/mol. The van der Waals surface area contributed by atoms with Gasteiger partial charge in [0.1, 0.15) is 0 Å². The molecule has 86 valence electrons. The van der Waals surface area contributed by atoms with E-state index in [0.29, 0.717) is 12.2 Å². The van der Waals surface area contributed by atoms with Gasteiger partial charge in [-0.15, -0.1) is 0 Å². The van der Waals surface area contributed by atoms with Gasteiger partial charge < -0.3 is 10.6 Å². The highest BCUT2D eigenvalue weighted by Gasteiger charge is 2.16. The van der Waals surface area contributed by atoms with Crippen LogP contribution in [0.4, 0.5) is 5.82 Å². The van der Waals surface area contributed by atoms with E-state index >= 15 is 0 Å². The molecule has 2 N–H and O–H groups in total. The number of thioether (sulfide) groups is 1. The van der Waals surface area contributed by atoms with E-state index in [-0.39, 0.29) is 11.9 Å². The van der Waals surface area contributed by atoms with E-state index in [9.17, 15) is 4.79 Å². The van der Waals surface area contributed by atoms with Crippen molar-refractivity contribution in [3.8, 4) is 0 Å². The van der Waals surface area contributed by atoms with E-state index in [1.807, 2.05) is 11.8 Å². The fraction of sp³-hybridized carbons (Fsp3) is 0.500.